The van der Waals surface area contributed by atoms with Gasteiger partial charge in [0.15, 0.2) is 0 Å². The maximum Gasteiger partial charge on any atom is 0.242 e. The monoisotopic (exact) mass is 268 g/mol. The van der Waals surface area contributed by atoms with Crippen LogP contribution in [0.25, 0.3) is 0 Å². The predicted octanol–water partition coefficient (Wildman–Crippen LogP) is 3.30. The Morgan fingerprint density at radius 1 is 1.50 bits per heavy atom. The van der Waals surface area contributed by atoms with Gasteiger partial charge >= 0.3 is 0 Å². The van der Waals surface area contributed by atoms with Gasteiger partial charge in [-0.15, -0.1) is 0 Å². The van der Waals surface area contributed by atoms with Crippen LogP contribution in [0.15, 0.2) is 22.5 Å². The second kappa shape index (κ2) is 4.18. The highest BCUT2D eigenvalue weighted by atomic mass is 127. The van der Waals surface area contributed by atoms with Gasteiger partial charge in [0.2, 0.25) is 8.32 Å². The maximum absolute atomic E-state index is 5.59. The summed E-state index contributed by atoms with van der Waals surface area (Å²) in [5.74, 6) is 0. The number of rotatable bonds is 3. The lowest BCUT2D eigenvalue weighted by Gasteiger charge is -2.17. The largest absolute Gasteiger partial charge is 0.540 e. The topological polar surface area (TPSA) is 9.23 Å². The van der Waals surface area contributed by atoms with Crippen molar-refractivity contribution in [3.8, 4) is 0 Å². The molecule has 0 atom stereocenters. The summed E-state index contributed by atoms with van der Waals surface area (Å²) in [6, 6.07) is 0. The Morgan fingerprint density at radius 2 is 2.00 bits per heavy atom. The molecule has 0 unspecified atom stereocenters. The molecule has 1 nitrogen and oxygen atoms in total. The second-order valence-corrected chi connectivity index (χ2v) is 8.41. The van der Waals surface area contributed by atoms with Crippen molar-refractivity contribution in [3.63, 3.8) is 0 Å². The SMILES string of the molecule is C=CC=C(I)O[Si](C)(C)C. The Morgan fingerprint density at radius 3 is 2.30 bits per heavy atom. The lowest BCUT2D eigenvalue weighted by Crippen LogP contribution is -2.23. The van der Waals surface area contributed by atoms with E-state index in [9.17, 15) is 0 Å². The smallest absolute Gasteiger partial charge is 0.242 e. The molecule has 0 aromatic rings. The summed E-state index contributed by atoms with van der Waals surface area (Å²) in [5.41, 5.74) is 0. The van der Waals surface area contributed by atoms with E-state index < -0.39 is 8.32 Å². The molecule has 0 fully saturated rings. The van der Waals surface area contributed by atoms with Crippen molar-refractivity contribution in [2.75, 3.05) is 0 Å². The van der Waals surface area contributed by atoms with Gasteiger partial charge in [0.25, 0.3) is 0 Å². The van der Waals surface area contributed by atoms with Gasteiger partial charge in [-0.3, -0.25) is 0 Å². The molecular weight excluding hydrogens is 255 g/mol. The van der Waals surface area contributed by atoms with Crippen LogP contribution < -0.4 is 0 Å². The Labute approximate surface area is 77.4 Å². The number of hydrogen-bond donors (Lipinski definition) is 0. The van der Waals surface area contributed by atoms with E-state index in [1.807, 2.05) is 6.08 Å². The molecule has 0 saturated carbocycles. The van der Waals surface area contributed by atoms with Crippen LogP contribution in [-0.2, 0) is 4.43 Å². The van der Waals surface area contributed by atoms with E-state index in [-0.39, 0.29) is 0 Å². The molecule has 0 aromatic heterocycles. The van der Waals surface area contributed by atoms with Crippen molar-refractivity contribution >= 4 is 30.9 Å². The fraction of sp³-hybridized carbons (Fsp3) is 0.429. The zero-order valence-corrected chi connectivity index (χ0v) is 9.81. The summed E-state index contributed by atoms with van der Waals surface area (Å²) in [4.78, 5) is 0. The maximum atomic E-state index is 5.59. The van der Waals surface area contributed by atoms with Crippen molar-refractivity contribution in [2.45, 2.75) is 19.6 Å². The van der Waals surface area contributed by atoms with Crippen molar-refractivity contribution < 1.29 is 4.43 Å². The van der Waals surface area contributed by atoms with Gasteiger partial charge in [-0.2, -0.15) is 0 Å². The van der Waals surface area contributed by atoms with E-state index in [2.05, 4.69) is 48.8 Å². The highest BCUT2D eigenvalue weighted by Crippen LogP contribution is 2.15. The van der Waals surface area contributed by atoms with Crippen LogP contribution in [0.2, 0.25) is 19.6 Å². The summed E-state index contributed by atoms with van der Waals surface area (Å²) in [5, 5.41) is 0. The molecule has 0 rings (SSSR count). The molecule has 58 valence electrons. The minimum Gasteiger partial charge on any atom is -0.540 e. The van der Waals surface area contributed by atoms with Crippen molar-refractivity contribution in [1.82, 2.24) is 0 Å². The molecule has 0 radical (unpaired) electrons. The van der Waals surface area contributed by atoms with Gasteiger partial charge in [0, 0.05) is 0 Å². The minimum absolute atomic E-state index is 0.937. The highest BCUT2D eigenvalue weighted by molar-refractivity contribution is 14.1. The molecule has 0 heterocycles. The van der Waals surface area contributed by atoms with Crippen molar-refractivity contribution in [3.05, 3.63) is 22.5 Å². The lowest BCUT2D eigenvalue weighted by molar-refractivity contribution is 0.472. The molecule has 0 spiro atoms. The Bertz CT molecular complexity index is 146. The number of halogens is 1. The first-order valence-corrected chi connectivity index (χ1v) is 7.61. The third-order valence-electron chi connectivity index (χ3n) is 0.653. The van der Waals surface area contributed by atoms with Crippen LogP contribution in [-0.4, -0.2) is 8.32 Å². The Balaban J connectivity index is 3.91. The molecule has 0 bridgehead atoms. The molecule has 0 aliphatic rings. The third kappa shape index (κ3) is 6.35. The van der Waals surface area contributed by atoms with Crippen molar-refractivity contribution in [1.29, 1.82) is 0 Å². The third-order valence-corrected chi connectivity index (χ3v) is 2.48. The number of hydrogen-bond acceptors (Lipinski definition) is 1. The molecule has 10 heavy (non-hydrogen) atoms. The van der Waals surface area contributed by atoms with Crippen LogP contribution >= 0.6 is 22.6 Å². The van der Waals surface area contributed by atoms with Crippen LogP contribution in [0, 0.1) is 0 Å². The van der Waals surface area contributed by atoms with E-state index in [0.717, 1.165) is 3.77 Å². The molecule has 0 saturated heterocycles. The van der Waals surface area contributed by atoms with Gasteiger partial charge in [-0.1, -0.05) is 12.7 Å². The van der Waals surface area contributed by atoms with E-state index in [4.69, 9.17) is 4.43 Å². The first-order chi connectivity index (χ1) is 4.45. The molecule has 0 aliphatic heterocycles. The Hall–Kier alpha value is 0.227. The van der Waals surface area contributed by atoms with Crippen molar-refractivity contribution in [2.24, 2.45) is 0 Å². The molecule has 0 aliphatic carbocycles. The lowest BCUT2D eigenvalue weighted by atomic mass is 10.6. The summed E-state index contributed by atoms with van der Waals surface area (Å²) >= 11 is 2.17. The zero-order chi connectivity index (χ0) is 8.20. The van der Waals surface area contributed by atoms with Gasteiger partial charge in [-0.05, 0) is 48.3 Å². The van der Waals surface area contributed by atoms with Gasteiger partial charge in [-0.25, -0.2) is 0 Å². The van der Waals surface area contributed by atoms with Crippen LogP contribution in [0.3, 0.4) is 0 Å². The molecular formula is C7H13IOSi. The van der Waals surface area contributed by atoms with Gasteiger partial charge in [0.1, 0.15) is 3.77 Å². The van der Waals surface area contributed by atoms with Gasteiger partial charge in [0.05, 0.1) is 0 Å². The average molecular weight is 268 g/mol. The average Bonchev–Trinajstić information content (AvgIpc) is 1.59. The Kier molecular flexibility index (Phi) is 4.27. The number of allylic oxidation sites excluding steroid dienone is 2. The molecule has 0 N–H and O–H groups in total. The van der Waals surface area contributed by atoms with Crippen LogP contribution in [0.4, 0.5) is 0 Å². The van der Waals surface area contributed by atoms with E-state index in [1.165, 1.54) is 0 Å². The minimum atomic E-state index is -1.38. The fourth-order valence-corrected chi connectivity index (χ4v) is 3.31. The molecule has 0 aromatic carbocycles. The fourth-order valence-electron chi connectivity index (χ4n) is 0.419. The first-order valence-electron chi connectivity index (χ1n) is 3.13. The summed E-state index contributed by atoms with van der Waals surface area (Å²) in [6.45, 7) is 10.1. The van der Waals surface area contributed by atoms with E-state index in [1.54, 1.807) is 6.08 Å². The predicted molar refractivity (Wildman–Crippen MR) is 56.7 cm³/mol. The standard InChI is InChI=1S/C7H13IOSi/c1-5-6-7(8)9-10(2,3)4/h5-6H,1H2,2-4H3. The summed E-state index contributed by atoms with van der Waals surface area (Å²) < 4.78 is 6.53. The van der Waals surface area contributed by atoms with E-state index >= 15 is 0 Å². The second-order valence-electron chi connectivity index (χ2n) is 2.92. The van der Waals surface area contributed by atoms with E-state index in [0.29, 0.717) is 0 Å². The zero-order valence-electron chi connectivity index (χ0n) is 6.65. The van der Waals surface area contributed by atoms with Crippen LogP contribution in [0.1, 0.15) is 0 Å². The molecule has 0 amide bonds. The quantitative estimate of drug-likeness (QED) is 0.330. The summed E-state index contributed by atoms with van der Waals surface area (Å²) in [6.07, 6.45) is 3.61. The van der Waals surface area contributed by atoms with Gasteiger partial charge < -0.3 is 4.43 Å². The van der Waals surface area contributed by atoms with Crippen LogP contribution in [0.5, 0.6) is 0 Å². The summed E-state index contributed by atoms with van der Waals surface area (Å²) in [7, 11) is -1.38. The normalized spacial score (nSPS) is 13.0. The first kappa shape index (κ1) is 10.2. The highest BCUT2D eigenvalue weighted by Gasteiger charge is 2.15. The molecule has 3 heteroatoms.